The highest BCUT2D eigenvalue weighted by Gasteiger charge is 2.29. The summed E-state index contributed by atoms with van der Waals surface area (Å²) >= 11 is 0. The summed E-state index contributed by atoms with van der Waals surface area (Å²) in [5, 5.41) is 9.69. The maximum atomic E-state index is 13.0. The molecule has 218 valence electrons. The Morgan fingerprint density at radius 2 is 1.25 bits per heavy atom. The van der Waals surface area contributed by atoms with Crippen molar-refractivity contribution in [3.63, 3.8) is 0 Å². The predicted molar refractivity (Wildman–Crippen MR) is 167 cm³/mol. The van der Waals surface area contributed by atoms with Crippen LogP contribution in [0.15, 0.2) is 42.5 Å². The third kappa shape index (κ3) is 11.1. The molecule has 0 radical (unpaired) electrons. The average Bonchev–Trinajstić information content (AvgIpc) is 2.99. The molecule has 1 saturated carbocycles. The van der Waals surface area contributed by atoms with Crippen LogP contribution < -0.4 is 4.74 Å². The van der Waals surface area contributed by atoms with Gasteiger partial charge in [0.2, 0.25) is 0 Å². The van der Waals surface area contributed by atoms with E-state index in [-0.39, 0.29) is 11.9 Å². The van der Waals surface area contributed by atoms with Crippen LogP contribution in [-0.2, 0) is 17.6 Å². The summed E-state index contributed by atoms with van der Waals surface area (Å²) in [5.41, 5.74) is 4.48. The molecule has 2 aromatic carbocycles. The lowest BCUT2D eigenvalue weighted by molar-refractivity contribution is -0.140. The highest BCUT2D eigenvalue weighted by atomic mass is 16.5. The van der Waals surface area contributed by atoms with E-state index < -0.39 is 0 Å². The molecule has 3 heteroatoms. The minimum absolute atomic E-state index is 0.0813. The lowest BCUT2D eigenvalue weighted by Crippen LogP contribution is -2.25. The van der Waals surface area contributed by atoms with E-state index in [1.54, 1.807) is 0 Å². The molecule has 40 heavy (non-hydrogen) atoms. The van der Waals surface area contributed by atoms with Gasteiger partial charge in [0, 0.05) is 0 Å². The number of carbonyl (C=O) groups is 1. The van der Waals surface area contributed by atoms with Crippen molar-refractivity contribution in [2.75, 3.05) is 0 Å². The van der Waals surface area contributed by atoms with Gasteiger partial charge in [-0.05, 0) is 86.1 Å². The Balaban J connectivity index is 1.39. The zero-order valence-corrected chi connectivity index (χ0v) is 25.4. The largest absolute Gasteiger partial charge is 0.425 e. The standard InChI is InChI=1S/C37H53NO2/c1-3-5-7-9-11-13-15-17-31-20-27-36(35(28-31)29-38)40-37(39)34-25-23-33(24-26-34)32-21-18-30(19-22-32)16-14-12-10-8-6-4-2/h18-22,27-28,33-34H,3-17,23-26H2,1-2H3. The summed E-state index contributed by atoms with van der Waals surface area (Å²) < 4.78 is 5.77. The quantitative estimate of drug-likeness (QED) is 0.107. The number of aryl methyl sites for hydroxylation is 2. The molecule has 0 heterocycles. The zero-order chi connectivity index (χ0) is 28.4. The molecule has 0 spiro atoms. The summed E-state index contributed by atoms with van der Waals surface area (Å²) in [4.78, 5) is 13.0. The fourth-order valence-electron chi connectivity index (χ4n) is 6.12. The first kappa shape index (κ1) is 31.9. The van der Waals surface area contributed by atoms with Crippen LogP contribution in [0.1, 0.15) is 151 Å². The van der Waals surface area contributed by atoms with Crippen molar-refractivity contribution < 1.29 is 9.53 Å². The first-order chi connectivity index (χ1) is 19.6. The van der Waals surface area contributed by atoms with Crippen molar-refractivity contribution in [1.29, 1.82) is 5.26 Å². The number of benzene rings is 2. The van der Waals surface area contributed by atoms with E-state index in [0.717, 1.165) is 44.1 Å². The number of carbonyl (C=O) groups excluding carboxylic acids is 1. The highest BCUT2D eigenvalue weighted by molar-refractivity contribution is 5.76. The van der Waals surface area contributed by atoms with Crippen molar-refractivity contribution in [3.8, 4) is 11.8 Å². The van der Waals surface area contributed by atoms with Gasteiger partial charge in [0.25, 0.3) is 0 Å². The number of esters is 1. The van der Waals surface area contributed by atoms with Gasteiger partial charge in [-0.1, -0.05) is 115 Å². The second kappa shape index (κ2) is 18.7. The Hall–Kier alpha value is -2.60. The number of rotatable bonds is 18. The molecule has 0 saturated heterocycles. The van der Waals surface area contributed by atoms with Gasteiger partial charge in [-0.25, -0.2) is 0 Å². The number of hydrogen-bond donors (Lipinski definition) is 0. The van der Waals surface area contributed by atoms with Gasteiger partial charge in [-0.3, -0.25) is 4.79 Å². The Morgan fingerprint density at radius 1 is 0.725 bits per heavy atom. The van der Waals surface area contributed by atoms with Gasteiger partial charge in [-0.2, -0.15) is 5.26 Å². The van der Waals surface area contributed by atoms with Crippen LogP contribution in [-0.4, -0.2) is 5.97 Å². The van der Waals surface area contributed by atoms with Crippen molar-refractivity contribution in [2.45, 2.75) is 142 Å². The minimum Gasteiger partial charge on any atom is -0.425 e. The van der Waals surface area contributed by atoms with Gasteiger partial charge >= 0.3 is 5.97 Å². The Bertz CT molecular complexity index is 1030. The van der Waals surface area contributed by atoms with Crippen LogP contribution in [0.25, 0.3) is 0 Å². The first-order valence-electron chi connectivity index (χ1n) is 16.5. The lowest BCUT2D eigenvalue weighted by atomic mass is 9.78. The van der Waals surface area contributed by atoms with Crippen molar-refractivity contribution in [2.24, 2.45) is 5.92 Å². The van der Waals surface area contributed by atoms with Crippen LogP contribution in [0.2, 0.25) is 0 Å². The van der Waals surface area contributed by atoms with E-state index in [9.17, 15) is 10.1 Å². The molecule has 0 amide bonds. The third-order valence-corrected chi connectivity index (χ3v) is 8.77. The van der Waals surface area contributed by atoms with Crippen LogP contribution in [0, 0.1) is 17.2 Å². The smallest absolute Gasteiger partial charge is 0.314 e. The van der Waals surface area contributed by atoms with Gasteiger partial charge in [0.1, 0.15) is 11.8 Å². The van der Waals surface area contributed by atoms with Crippen LogP contribution in [0.5, 0.6) is 5.75 Å². The molecule has 1 aliphatic carbocycles. The number of unbranched alkanes of at least 4 members (excludes halogenated alkanes) is 11. The molecule has 3 rings (SSSR count). The van der Waals surface area contributed by atoms with Crippen molar-refractivity contribution in [3.05, 3.63) is 64.7 Å². The molecule has 0 bridgehead atoms. The summed E-state index contributed by atoms with van der Waals surface area (Å²) in [7, 11) is 0. The lowest BCUT2D eigenvalue weighted by Gasteiger charge is -2.27. The predicted octanol–water partition coefficient (Wildman–Crippen LogP) is 10.6. The van der Waals surface area contributed by atoms with Crippen LogP contribution in [0.4, 0.5) is 0 Å². The maximum absolute atomic E-state index is 13.0. The first-order valence-corrected chi connectivity index (χ1v) is 16.5. The highest BCUT2D eigenvalue weighted by Crippen LogP contribution is 2.37. The molecule has 1 aliphatic rings. The second-order valence-electron chi connectivity index (χ2n) is 12.0. The summed E-state index contributed by atoms with van der Waals surface area (Å²) in [6.07, 6.45) is 22.8. The number of nitriles is 1. The minimum atomic E-state index is -0.177. The molecule has 0 unspecified atom stereocenters. The van der Waals surface area contributed by atoms with Crippen molar-refractivity contribution >= 4 is 5.97 Å². The van der Waals surface area contributed by atoms with E-state index in [4.69, 9.17) is 4.74 Å². The number of nitrogens with zero attached hydrogens (tertiary/aromatic N) is 1. The number of hydrogen-bond acceptors (Lipinski definition) is 3. The van der Waals surface area contributed by atoms with Crippen molar-refractivity contribution in [1.82, 2.24) is 0 Å². The average molecular weight is 544 g/mol. The summed E-state index contributed by atoms with van der Waals surface area (Å²) in [6, 6.07) is 17.2. The molecule has 0 aromatic heterocycles. The van der Waals surface area contributed by atoms with Gasteiger partial charge in [0.15, 0.2) is 0 Å². The molecule has 0 atom stereocenters. The number of ether oxygens (including phenoxy) is 1. The molecular formula is C37H53NO2. The molecule has 0 N–H and O–H groups in total. The Kier molecular flexibility index (Phi) is 14.9. The molecule has 1 fully saturated rings. The Morgan fingerprint density at radius 3 is 1.82 bits per heavy atom. The van der Waals surface area contributed by atoms with E-state index in [1.165, 1.54) is 94.6 Å². The molecular weight excluding hydrogens is 490 g/mol. The fourth-order valence-corrected chi connectivity index (χ4v) is 6.12. The summed E-state index contributed by atoms with van der Waals surface area (Å²) in [5.74, 6) is 0.679. The summed E-state index contributed by atoms with van der Waals surface area (Å²) in [6.45, 7) is 4.51. The topological polar surface area (TPSA) is 50.1 Å². The van der Waals surface area contributed by atoms with Gasteiger partial charge < -0.3 is 4.74 Å². The normalized spacial score (nSPS) is 16.9. The molecule has 2 aromatic rings. The van der Waals surface area contributed by atoms with E-state index in [1.807, 2.05) is 18.2 Å². The second-order valence-corrected chi connectivity index (χ2v) is 12.0. The van der Waals surface area contributed by atoms with E-state index >= 15 is 0 Å². The zero-order valence-electron chi connectivity index (χ0n) is 25.4. The van der Waals surface area contributed by atoms with E-state index in [2.05, 4.69) is 44.2 Å². The Labute approximate surface area is 244 Å². The van der Waals surface area contributed by atoms with Gasteiger partial charge in [-0.15, -0.1) is 0 Å². The van der Waals surface area contributed by atoms with E-state index in [0.29, 0.717) is 17.2 Å². The molecule has 0 aliphatic heterocycles. The van der Waals surface area contributed by atoms with Crippen LogP contribution >= 0.6 is 0 Å². The maximum Gasteiger partial charge on any atom is 0.314 e. The monoisotopic (exact) mass is 543 g/mol. The SMILES string of the molecule is CCCCCCCCCc1ccc(OC(=O)C2CCC(c3ccc(CCCCCCCC)cc3)CC2)c(C#N)c1. The van der Waals surface area contributed by atoms with Crippen LogP contribution in [0.3, 0.4) is 0 Å². The molecule has 3 nitrogen and oxygen atoms in total. The third-order valence-electron chi connectivity index (χ3n) is 8.77. The van der Waals surface area contributed by atoms with Gasteiger partial charge in [0.05, 0.1) is 11.5 Å². The fraction of sp³-hybridized carbons (Fsp3) is 0.622.